The number of carbonyl (C=O) groups is 1. The minimum absolute atomic E-state index is 0.0316. The van der Waals surface area contributed by atoms with E-state index in [2.05, 4.69) is 0 Å². The Bertz CT molecular complexity index is 428. The maximum atomic E-state index is 12.0. The third-order valence-corrected chi connectivity index (χ3v) is 4.00. The SMILES string of the molecule is CN(C)[C@@H]1CN(C(=O)C=Cc2cccs2)C[C@H]1O. The molecular weight excluding hydrogens is 248 g/mol. The van der Waals surface area contributed by atoms with Gasteiger partial charge in [-0.05, 0) is 31.6 Å². The molecular formula is C13H18N2O2S. The van der Waals surface area contributed by atoms with Crippen molar-refractivity contribution in [3.05, 3.63) is 28.5 Å². The lowest BCUT2D eigenvalue weighted by Gasteiger charge is -2.21. The van der Waals surface area contributed by atoms with Gasteiger partial charge in [0.05, 0.1) is 12.1 Å². The van der Waals surface area contributed by atoms with Crippen molar-refractivity contribution in [3.8, 4) is 0 Å². The molecule has 2 heterocycles. The average Bonchev–Trinajstić information content (AvgIpc) is 2.94. The van der Waals surface area contributed by atoms with Crippen molar-refractivity contribution in [3.63, 3.8) is 0 Å². The fourth-order valence-electron chi connectivity index (χ4n) is 2.10. The van der Waals surface area contributed by atoms with Crippen LogP contribution in [0, 0.1) is 0 Å². The molecule has 1 amide bonds. The van der Waals surface area contributed by atoms with Crippen LogP contribution in [-0.4, -0.2) is 60.1 Å². The number of aliphatic hydroxyl groups excluding tert-OH is 1. The van der Waals surface area contributed by atoms with Crippen LogP contribution in [0.15, 0.2) is 23.6 Å². The fourth-order valence-corrected chi connectivity index (χ4v) is 2.72. The van der Waals surface area contributed by atoms with Gasteiger partial charge < -0.3 is 14.9 Å². The molecule has 0 aliphatic carbocycles. The predicted octanol–water partition coefficient (Wildman–Crippen LogP) is 0.895. The number of carbonyl (C=O) groups excluding carboxylic acids is 1. The first-order chi connectivity index (χ1) is 8.58. The number of rotatable bonds is 3. The van der Waals surface area contributed by atoms with E-state index in [4.69, 9.17) is 0 Å². The molecule has 1 aromatic rings. The molecule has 2 atom stereocenters. The fraction of sp³-hybridized carbons (Fsp3) is 0.462. The van der Waals surface area contributed by atoms with E-state index in [9.17, 15) is 9.90 Å². The number of thiophene rings is 1. The molecule has 98 valence electrons. The van der Waals surface area contributed by atoms with Gasteiger partial charge in [0.1, 0.15) is 0 Å². The summed E-state index contributed by atoms with van der Waals surface area (Å²) in [6.07, 6.45) is 2.94. The van der Waals surface area contributed by atoms with Crippen molar-refractivity contribution in [2.45, 2.75) is 12.1 Å². The minimum Gasteiger partial charge on any atom is -0.390 e. The molecule has 1 aromatic heterocycles. The summed E-state index contributed by atoms with van der Waals surface area (Å²) in [5, 5.41) is 11.9. The van der Waals surface area contributed by atoms with Crippen LogP contribution in [0.4, 0.5) is 0 Å². The Morgan fingerprint density at radius 1 is 1.56 bits per heavy atom. The highest BCUT2D eigenvalue weighted by molar-refractivity contribution is 7.10. The van der Waals surface area contributed by atoms with Gasteiger partial charge >= 0.3 is 0 Å². The normalized spacial score (nSPS) is 24.3. The lowest BCUT2D eigenvalue weighted by Crippen LogP contribution is -2.38. The Balaban J connectivity index is 1.95. The van der Waals surface area contributed by atoms with Gasteiger partial charge in [-0.15, -0.1) is 11.3 Å². The van der Waals surface area contributed by atoms with Crippen molar-refractivity contribution in [1.29, 1.82) is 0 Å². The number of likely N-dealkylation sites (N-methyl/N-ethyl adjacent to an activating group) is 1. The molecule has 1 N–H and O–H groups in total. The summed E-state index contributed by atoms with van der Waals surface area (Å²) in [6, 6.07) is 3.95. The molecule has 2 rings (SSSR count). The highest BCUT2D eigenvalue weighted by atomic mass is 32.1. The van der Waals surface area contributed by atoms with Gasteiger partial charge in [-0.3, -0.25) is 4.79 Å². The molecule has 0 aromatic carbocycles. The smallest absolute Gasteiger partial charge is 0.246 e. The van der Waals surface area contributed by atoms with Gasteiger partial charge in [-0.25, -0.2) is 0 Å². The molecule has 0 bridgehead atoms. The Labute approximate surface area is 111 Å². The number of hydrogen-bond acceptors (Lipinski definition) is 4. The van der Waals surface area contributed by atoms with E-state index < -0.39 is 6.10 Å². The maximum Gasteiger partial charge on any atom is 0.246 e. The summed E-state index contributed by atoms with van der Waals surface area (Å²) < 4.78 is 0. The zero-order chi connectivity index (χ0) is 13.1. The molecule has 1 saturated heterocycles. The summed E-state index contributed by atoms with van der Waals surface area (Å²) in [5.74, 6) is -0.0354. The van der Waals surface area contributed by atoms with E-state index in [1.54, 1.807) is 22.3 Å². The van der Waals surface area contributed by atoms with Gasteiger partial charge in [-0.2, -0.15) is 0 Å². The third kappa shape index (κ3) is 2.98. The van der Waals surface area contributed by atoms with Gasteiger partial charge in [0, 0.05) is 24.0 Å². The second-order valence-corrected chi connectivity index (χ2v) is 5.67. The van der Waals surface area contributed by atoms with Crippen LogP contribution in [0.1, 0.15) is 4.88 Å². The zero-order valence-electron chi connectivity index (χ0n) is 10.6. The van der Waals surface area contributed by atoms with Crippen molar-refractivity contribution in [2.24, 2.45) is 0 Å². The lowest BCUT2D eigenvalue weighted by molar-refractivity contribution is -0.125. The highest BCUT2D eigenvalue weighted by Crippen LogP contribution is 2.16. The molecule has 1 aliphatic rings. The van der Waals surface area contributed by atoms with Gasteiger partial charge in [0.15, 0.2) is 0 Å². The number of likely N-dealkylation sites (tertiary alicyclic amines) is 1. The standard InChI is InChI=1S/C13H18N2O2S/c1-14(2)11-8-15(9-12(11)16)13(17)6-5-10-4-3-7-18-10/h3-7,11-12,16H,8-9H2,1-2H3/t11-,12-/m1/s1. The molecule has 18 heavy (non-hydrogen) atoms. The quantitative estimate of drug-likeness (QED) is 0.827. The largest absolute Gasteiger partial charge is 0.390 e. The van der Waals surface area contributed by atoms with E-state index >= 15 is 0 Å². The van der Waals surface area contributed by atoms with Crippen LogP contribution in [-0.2, 0) is 4.79 Å². The highest BCUT2D eigenvalue weighted by Gasteiger charge is 2.34. The first kappa shape index (κ1) is 13.3. The molecule has 0 radical (unpaired) electrons. The summed E-state index contributed by atoms with van der Waals surface area (Å²) in [4.78, 5) is 16.7. The lowest BCUT2D eigenvalue weighted by atomic mass is 10.2. The maximum absolute atomic E-state index is 12.0. The summed E-state index contributed by atoms with van der Waals surface area (Å²) >= 11 is 1.60. The summed E-state index contributed by atoms with van der Waals surface area (Å²) in [5.41, 5.74) is 0. The first-order valence-electron chi connectivity index (χ1n) is 5.93. The first-order valence-corrected chi connectivity index (χ1v) is 6.81. The Morgan fingerprint density at radius 3 is 2.89 bits per heavy atom. The molecule has 0 unspecified atom stereocenters. The average molecular weight is 266 g/mol. The Morgan fingerprint density at radius 2 is 2.33 bits per heavy atom. The molecule has 0 spiro atoms. The van der Waals surface area contributed by atoms with Gasteiger partial charge in [-0.1, -0.05) is 6.07 Å². The van der Waals surface area contributed by atoms with Crippen molar-refractivity contribution in [1.82, 2.24) is 9.80 Å². The zero-order valence-corrected chi connectivity index (χ0v) is 11.4. The third-order valence-electron chi connectivity index (χ3n) is 3.17. The second-order valence-electron chi connectivity index (χ2n) is 4.69. The number of amides is 1. The number of nitrogens with zero attached hydrogens (tertiary/aromatic N) is 2. The molecule has 4 nitrogen and oxygen atoms in total. The van der Waals surface area contributed by atoms with Crippen LogP contribution in [0.2, 0.25) is 0 Å². The van der Waals surface area contributed by atoms with E-state index in [0.29, 0.717) is 13.1 Å². The minimum atomic E-state index is -0.459. The van der Waals surface area contributed by atoms with Crippen LogP contribution >= 0.6 is 11.3 Å². The van der Waals surface area contributed by atoms with Crippen LogP contribution in [0.5, 0.6) is 0 Å². The van der Waals surface area contributed by atoms with E-state index in [-0.39, 0.29) is 11.9 Å². The van der Waals surface area contributed by atoms with Crippen molar-refractivity contribution >= 4 is 23.3 Å². The van der Waals surface area contributed by atoms with Crippen LogP contribution in [0.3, 0.4) is 0 Å². The predicted molar refractivity (Wildman–Crippen MR) is 73.4 cm³/mol. The van der Waals surface area contributed by atoms with E-state index in [0.717, 1.165) is 4.88 Å². The monoisotopic (exact) mass is 266 g/mol. The van der Waals surface area contributed by atoms with Crippen molar-refractivity contribution in [2.75, 3.05) is 27.2 Å². The topological polar surface area (TPSA) is 43.8 Å². The molecule has 5 heteroatoms. The molecule has 0 saturated carbocycles. The van der Waals surface area contributed by atoms with E-state index in [1.807, 2.05) is 42.6 Å². The Kier molecular flexibility index (Phi) is 4.16. The number of aliphatic hydroxyl groups is 1. The van der Waals surface area contributed by atoms with Crippen LogP contribution < -0.4 is 0 Å². The second kappa shape index (κ2) is 5.65. The van der Waals surface area contributed by atoms with E-state index in [1.165, 1.54) is 0 Å². The number of β-amino-alcohol motifs (C(OH)–C–C–N with tert-alkyl or cyclic N) is 1. The van der Waals surface area contributed by atoms with Gasteiger partial charge in [0.2, 0.25) is 5.91 Å². The van der Waals surface area contributed by atoms with Crippen LogP contribution in [0.25, 0.3) is 6.08 Å². The molecule has 1 aliphatic heterocycles. The summed E-state index contributed by atoms with van der Waals surface area (Å²) in [6.45, 7) is 0.998. The van der Waals surface area contributed by atoms with Crippen molar-refractivity contribution < 1.29 is 9.90 Å². The summed E-state index contributed by atoms with van der Waals surface area (Å²) in [7, 11) is 3.84. The number of hydrogen-bond donors (Lipinski definition) is 1. The molecule has 1 fully saturated rings. The van der Waals surface area contributed by atoms with Gasteiger partial charge in [0.25, 0.3) is 0 Å². The Hall–Kier alpha value is -1.17.